The minimum absolute atomic E-state index is 0.255. The topological polar surface area (TPSA) is 93.9 Å². The number of aryl methyl sites for hydroxylation is 1. The molecule has 0 amide bonds. The van der Waals surface area contributed by atoms with Crippen LogP contribution in [0.15, 0.2) is 72.0 Å². The normalized spacial score (nSPS) is 14.3. The average Bonchev–Trinajstić information content (AvgIpc) is 2.84. The summed E-state index contributed by atoms with van der Waals surface area (Å²) in [7, 11) is 0. The number of aromatic carboxylic acids is 1. The summed E-state index contributed by atoms with van der Waals surface area (Å²) >= 11 is 0. The predicted octanol–water partition coefficient (Wildman–Crippen LogP) is 3.27. The predicted molar refractivity (Wildman–Crippen MR) is 125 cm³/mol. The van der Waals surface area contributed by atoms with Crippen molar-refractivity contribution in [3.8, 4) is 0 Å². The Labute approximate surface area is 187 Å². The van der Waals surface area contributed by atoms with E-state index in [9.17, 15) is 4.79 Å². The highest BCUT2D eigenvalue weighted by molar-refractivity contribution is 5.94. The summed E-state index contributed by atoms with van der Waals surface area (Å²) in [6.07, 6.45) is 3.51. The minimum Gasteiger partial charge on any atom is -0.478 e. The standard InChI is InChI=1S/C24H26N6O2/c1-18-3-5-19(6-4-18)17-27-24(28-21-9-7-20(8-10-21)22(31)32)30-15-13-29(14-16-30)23-25-11-2-12-26-23/h2-12H,13-17H2,1H3,(H,27,28)(H,31,32). The molecule has 0 aliphatic carbocycles. The number of carboxylic acids is 1. The second-order valence-electron chi connectivity index (χ2n) is 7.66. The Morgan fingerprint density at radius 3 is 2.28 bits per heavy atom. The molecule has 3 aromatic rings. The largest absolute Gasteiger partial charge is 0.478 e. The summed E-state index contributed by atoms with van der Waals surface area (Å²) in [6, 6.07) is 16.9. The Balaban J connectivity index is 1.49. The van der Waals surface area contributed by atoms with E-state index in [1.54, 1.807) is 36.7 Å². The highest BCUT2D eigenvalue weighted by Crippen LogP contribution is 2.15. The third-order valence-electron chi connectivity index (χ3n) is 5.33. The number of carboxylic acid groups (broad SMARTS) is 1. The second kappa shape index (κ2) is 9.91. The van der Waals surface area contributed by atoms with Crippen LogP contribution in [0.1, 0.15) is 21.5 Å². The van der Waals surface area contributed by atoms with Crippen molar-refractivity contribution in [2.75, 3.05) is 36.4 Å². The van der Waals surface area contributed by atoms with Crippen molar-refractivity contribution in [2.45, 2.75) is 13.5 Å². The number of aromatic nitrogens is 2. The number of carbonyl (C=O) groups is 1. The molecule has 1 fully saturated rings. The number of nitrogens with one attached hydrogen (secondary N) is 1. The van der Waals surface area contributed by atoms with Crippen LogP contribution in [0.2, 0.25) is 0 Å². The van der Waals surface area contributed by atoms with Crippen LogP contribution >= 0.6 is 0 Å². The zero-order valence-corrected chi connectivity index (χ0v) is 18.0. The summed E-state index contributed by atoms with van der Waals surface area (Å²) in [5.41, 5.74) is 3.40. The van der Waals surface area contributed by atoms with Crippen LogP contribution in [0, 0.1) is 6.92 Å². The number of rotatable bonds is 5. The number of piperazine rings is 1. The van der Waals surface area contributed by atoms with Gasteiger partial charge in [0.2, 0.25) is 5.95 Å². The van der Waals surface area contributed by atoms with Gasteiger partial charge in [-0.05, 0) is 42.8 Å². The highest BCUT2D eigenvalue weighted by atomic mass is 16.4. The lowest BCUT2D eigenvalue weighted by atomic mass is 10.1. The van der Waals surface area contributed by atoms with E-state index in [1.807, 2.05) is 6.07 Å². The first-order chi connectivity index (χ1) is 15.6. The molecule has 2 aromatic carbocycles. The van der Waals surface area contributed by atoms with Gasteiger partial charge in [-0.3, -0.25) is 0 Å². The highest BCUT2D eigenvalue weighted by Gasteiger charge is 2.21. The number of anilines is 2. The lowest BCUT2D eigenvalue weighted by Gasteiger charge is -2.36. The molecule has 0 atom stereocenters. The number of benzene rings is 2. The average molecular weight is 431 g/mol. The fourth-order valence-corrected chi connectivity index (χ4v) is 3.48. The molecule has 1 saturated heterocycles. The van der Waals surface area contributed by atoms with Crippen LogP contribution in [-0.4, -0.2) is 58.1 Å². The molecular formula is C24H26N6O2. The molecule has 0 bridgehead atoms. The van der Waals surface area contributed by atoms with Crippen molar-refractivity contribution >= 4 is 23.6 Å². The zero-order chi connectivity index (χ0) is 22.3. The first-order valence-corrected chi connectivity index (χ1v) is 10.6. The number of aliphatic imine (C=N–C) groups is 1. The van der Waals surface area contributed by atoms with Crippen LogP contribution in [0.3, 0.4) is 0 Å². The molecule has 0 spiro atoms. The Morgan fingerprint density at radius 1 is 1.00 bits per heavy atom. The minimum atomic E-state index is -0.941. The number of nitrogens with zero attached hydrogens (tertiary/aromatic N) is 5. The molecule has 0 unspecified atom stereocenters. The van der Waals surface area contributed by atoms with E-state index in [0.29, 0.717) is 6.54 Å². The number of guanidine groups is 1. The molecular weight excluding hydrogens is 404 g/mol. The van der Waals surface area contributed by atoms with E-state index in [1.165, 1.54) is 5.56 Å². The SMILES string of the molecule is Cc1ccc(CN=C(Nc2ccc(C(=O)O)cc2)N2CCN(c3ncccn3)CC2)cc1. The van der Waals surface area contributed by atoms with E-state index < -0.39 is 5.97 Å². The summed E-state index contributed by atoms with van der Waals surface area (Å²) in [5, 5.41) is 12.5. The van der Waals surface area contributed by atoms with Crippen molar-refractivity contribution in [1.82, 2.24) is 14.9 Å². The van der Waals surface area contributed by atoms with Crippen molar-refractivity contribution < 1.29 is 9.90 Å². The maximum absolute atomic E-state index is 11.1. The van der Waals surface area contributed by atoms with E-state index in [2.05, 4.69) is 56.3 Å². The van der Waals surface area contributed by atoms with Crippen molar-refractivity contribution in [1.29, 1.82) is 0 Å². The van der Waals surface area contributed by atoms with Gasteiger partial charge in [0, 0.05) is 44.3 Å². The van der Waals surface area contributed by atoms with Crippen LogP contribution in [-0.2, 0) is 6.54 Å². The monoisotopic (exact) mass is 430 g/mol. The van der Waals surface area contributed by atoms with E-state index in [0.717, 1.165) is 49.3 Å². The van der Waals surface area contributed by atoms with Gasteiger partial charge in [-0.25, -0.2) is 19.8 Å². The summed E-state index contributed by atoms with van der Waals surface area (Å²) in [5.74, 6) is 0.564. The van der Waals surface area contributed by atoms with Crippen LogP contribution < -0.4 is 10.2 Å². The maximum Gasteiger partial charge on any atom is 0.335 e. The van der Waals surface area contributed by atoms with E-state index >= 15 is 0 Å². The van der Waals surface area contributed by atoms with Gasteiger partial charge in [0.15, 0.2) is 5.96 Å². The number of hydrogen-bond donors (Lipinski definition) is 2. The Hall–Kier alpha value is -3.94. The molecule has 1 aliphatic heterocycles. The first kappa shape index (κ1) is 21.3. The summed E-state index contributed by atoms with van der Waals surface area (Å²) in [4.78, 5) is 29.1. The van der Waals surface area contributed by atoms with Gasteiger partial charge in [-0.1, -0.05) is 29.8 Å². The first-order valence-electron chi connectivity index (χ1n) is 10.6. The number of hydrogen-bond acceptors (Lipinski definition) is 5. The van der Waals surface area contributed by atoms with E-state index in [4.69, 9.17) is 10.1 Å². The molecule has 4 rings (SSSR count). The second-order valence-corrected chi connectivity index (χ2v) is 7.66. The molecule has 1 aromatic heterocycles. The third-order valence-corrected chi connectivity index (χ3v) is 5.33. The Kier molecular flexibility index (Phi) is 6.60. The van der Waals surface area contributed by atoms with E-state index in [-0.39, 0.29) is 5.56 Å². The van der Waals surface area contributed by atoms with Crippen LogP contribution in [0.5, 0.6) is 0 Å². The van der Waals surface area contributed by atoms with Crippen molar-refractivity contribution in [3.63, 3.8) is 0 Å². The smallest absolute Gasteiger partial charge is 0.335 e. The van der Waals surface area contributed by atoms with Gasteiger partial charge in [-0.2, -0.15) is 0 Å². The van der Waals surface area contributed by atoms with Crippen molar-refractivity contribution in [2.24, 2.45) is 4.99 Å². The molecule has 8 nitrogen and oxygen atoms in total. The lowest BCUT2D eigenvalue weighted by molar-refractivity contribution is 0.0697. The van der Waals surface area contributed by atoms with Gasteiger partial charge in [0.05, 0.1) is 12.1 Å². The molecule has 0 saturated carbocycles. The summed E-state index contributed by atoms with van der Waals surface area (Å²) < 4.78 is 0. The quantitative estimate of drug-likeness (QED) is 0.474. The third kappa shape index (κ3) is 5.40. The fraction of sp³-hybridized carbons (Fsp3) is 0.250. The molecule has 0 radical (unpaired) electrons. The van der Waals surface area contributed by atoms with Crippen LogP contribution in [0.4, 0.5) is 11.6 Å². The molecule has 2 heterocycles. The van der Waals surface area contributed by atoms with Crippen LogP contribution in [0.25, 0.3) is 0 Å². The molecule has 1 aliphatic rings. The maximum atomic E-state index is 11.1. The molecule has 2 N–H and O–H groups in total. The Bertz CT molecular complexity index is 1060. The fourth-order valence-electron chi connectivity index (χ4n) is 3.48. The van der Waals surface area contributed by atoms with Gasteiger partial charge in [0.1, 0.15) is 0 Å². The van der Waals surface area contributed by atoms with Gasteiger partial charge >= 0.3 is 5.97 Å². The van der Waals surface area contributed by atoms with Crippen molar-refractivity contribution in [3.05, 3.63) is 83.7 Å². The van der Waals surface area contributed by atoms with Gasteiger partial charge in [-0.15, -0.1) is 0 Å². The van der Waals surface area contributed by atoms with Gasteiger partial charge in [0.25, 0.3) is 0 Å². The van der Waals surface area contributed by atoms with Gasteiger partial charge < -0.3 is 20.2 Å². The molecule has 32 heavy (non-hydrogen) atoms. The lowest BCUT2D eigenvalue weighted by Crippen LogP contribution is -2.51. The molecule has 8 heteroatoms. The summed E-state index contributed by atoms with van der Waals surface area (Å²) in [6.45, 7) is 5.73. The zero-order valence-electron chi connectivity index (χ0n) is 18.0. The molecule has 164 valence electrons. The Morgan fingerprint density at radius 2 is 1.66 bits per heavy atom.